The summed E-state index contributed by atoms with van der Waals surface area (Å²) in [6.45, 7) is 4.17. The Kier molecular flexibility index (Phi) is 3.23. The van der Waals surface area contributed by atoms with Crippen molar-refractivity contribution in [1.29, 1.82) is 0 Å². The van der Waals surface area contributed by atoms with Gasteiger partial charge in [0.05, 0.1) is 5.69 Å². The summed E-state index contributed by atoms with van der Waals surface area (Å²) in [5.41, 5.74) is 5.50. The van der Waals surface area contributed by atoms with E-state index in [1.54, 1.807) is 0 Å². The second kappa shape index (κ2) is 4.76. The van der Waals surface area contributed by atoms with Crippen LogP contribution in [0.2, 0.25) is 0 Å². The third-order valence-corrected chi connectivity index (χ3v) is 4.62. The summed E-state index contributed by atoms with van der Waals surface area (Å²) in [5.74, 6) is 0. The summed E-state index contributed by atoms with van der Waals surface area (Å²) >= 11 is 7.03. The van der Waals surface area contributed by atoms with Gasteiger partial charge in [0.15, 0.2) is 0 Å². The number of hydrogen-bond acceptors (Lipinski definition) is 1. The van der Waals surface area contributed by atoms with E-state index in [1.165, 1.54) is 5.56 Å². The lowest BCUT2D eigenvalue weighted by Crippen LogP contribution is -1.89. The SMILES string of the molecule is Cc1cc2nc(-c3ccc(Br)cc3)c(C)n2cc1Br. The van der Waals surface area contributed by atoms with Gasteiger partial charge in [-0.25, -0.2) is 4.98 Å². The van der Waals surface area contributed by atoms with E-state index in [0.717, 1.165) is 31.5 Å². The number of imidazole rings is 1. The molecule has 3 rings (SSSR count). The molecule has 0 saturated heterocycles. The number of nitrogens with zero attached hydrogens (tertiary/aromatic N) is 2. The lowest BCUT2D eigenvalue weighted by molar-refractivity contribution is 1.09. The maximum absolute atomic E-state index is 4.74. The first-order valence-electron chi connectivity index (χ1n) is 5.97. The van der Waals surface area contributed by atoms with Gasteiger partial charge in [-0.2, -0.15) is 0 Å². The number of aromatic nitrogens is 2. The van der Waals surface area contributed by atoms with Crippen LogP contribution in [0.1, 0.15) is 11.3 Å². The molecule has 0 saturated carbocycles. The van der Waals surface area contributed by atoms with Crippen molar-refractivity contribution in [2.75, 3.05) is 0 Å². The van der Waals surface area contributed by atoms with E-state index in [1.807, 2.05) is 12.1 Å². The Morgan fingerprint density at radius 1 is 1.05 bits per heavy atom. The molecule has 0 N–H and O–H groups in total. The van der Waals surface area contributed by atoms with E-state index in [0.29, 0.717) is 0 Å². The number of halogens is 2. The van der Waals surface area contributed by atoms with Crippen LogP contribution in [0.3, 0.4) is 0 Å². The maximum atomic E-state index is 4.74. The fourth-order valence-corrected chi connectivity index (χ4v) is 2.74. The third kappa shape index (κ3) is 2.23. The number of rotatable bonds is 1. The molecular weight excluding hydrogens is 368 g/mol. The number of pyridine rings is 1. The molecule has 96 valence electrons. The van der Waals surface area contributed by atoms with Gasteiger partial charge < -0.3 is 4.40 Å². The molecule has 0 aliphatic heterocycles. The Balaban J connectivity index is 2.25. The molecule has 4 heteroatoms. The first-order chi connectivity index (χ1) is 9.06. The number of fused-ring (bicyclic) bond motifs is 1. The van der Waals surface area contributed by atoms with E-state index in [2.05, 4.69) is 74.5 Å². The highest BCUT2D eigenvalue weighted by molar-refractivity contribution is 9.10. The molecule has 0 aliphatic rings. The Morgan fingerprint density at radius 3 is 2.42 bits per heavy atom. The average molecular weight is 380 g/mol. The molecule has 3 aromatic rings. The van der Waals surface area contributed by atoms with Crippen molar-refractivity contribution < 1.29 is 0 Å². The minimum absolute atomic E-state index is 0.983. The van der Waals surface area contributed by atoms with E-state index in [9.17, 15) is 0 Å². The predicted octanol–water partition coefficient (Wildman–Crippen LogP) is 5.14. The van der Waals surface area contributed by atoms with Crippen molar-refractivity contribution in [3.8, 4) is 11.3 Å². The van der Waals surface area contributed by atoms with Crippen LogP contribution < -0.4 is 0 Å². The molecule has 2 aromatic heterocycles. The first-order valence-corrected chi connectivity index (χ1v) is 7.55. The zero-order valence-corrected chi connectivity index (χ0v) is 13.8. The topological polar surface area (TPSA) is 17.3 Å². The lowest BCUT2D eigenvalue weighted by atomic mass is 10.1. The van der Waals surface area contributed by atoms with Gasteiger partial charge in [0.1, 0.15) is 5.65 Å². The second-order valence-electron chi connectivity index (χ2n) is 4.59. The van der Waals surface area contributed by atoms with Crippen molar-refractivity contribution >= 4 is 37.5 Å². The Hall–Kier alpha value is -1.13. The maximum Gasteiger partial charge on any atom is 0.137 e. The second-order valence-corrected chi connectivity index (χ2v) is 6.36. The van der Waals surface area contributed by atoms with Crippen molar-refractivity contribution in [3.05, 3.63) is 56.7 Å². The summed E-state index contributed by atoms with van der Waals surface area (Å²) in [6, 6.07) is 10.3. The van der Waals surface area contributed by atoms with Crippen LogP contribution in [-0.4, -0.2) is 9.38 Å². The number of aryl methyl sites for hydroxylation is 2. The van der Waals surface area contributed by atoms with E-state index in [4.69, 9.17) is 4.98 Å². The molecule has 0 amide bonds. The normalized spacial score (nSPS) is 11.2. The predicted molar refractivity (Wildman–Crippen MR) is 85.5 cm³/mol. The van der Waals surface area contributed by atoms with Crippen molar-refractivity contribution in [2.24, 2.45) is 0 Å². The van der Waals surface area contributed by atoms with E-state index >= 15 is 0 Å². The quantitative estimate of drug-likeness (QED) is 0.571. The van der Waals surface area contributed by atoms with Crippen molar-refractivity contribution in [2.45, 2.75) is 13.8 Å². The molecule has 2 nitrogen and oxygen atoms in total. The summed E-state index contributed by atoms with van der Waals surface area (Å²) in [4.78, 5) is 4.74. The van der Waals surface area contributed by atoms with Crippen LogP contribution in [0.5, 0.6) is 0 Å². The van der Waals surface area contributed by atoms with Crippen molar-refractivity contribution in [1.82, 2.24) is 9.38 Å². The molecular formula is C15H12Br2N2. The smallest absolute Gasteiger partial charge is 0.137 e. The lowest BCUT2D eigenvalue weighted by Gasteiger charge is -2.02. The molecule has 0 aliphatic carbocycles. The zero-order valence-electron chi connectivity index (χ0n) is 10.6. The highest BCUT2D eigenvalue weighted by Gasteiger charge is 2.11. The van der Waals surface area contributed by atoms with Crippen LogP contribution in [0, 0.1) is 13.8 Å². The summed E-state index contributed by atoms with van der Waals surface area (Å²) in [5, 5.41) is 0. The van der Waals surface area contributed by atoms with Gasteiger partial charge >= 0.3 is 0 Å². The number of benzene rings is 1. The molecule has 1 aromatic carbocycles. The minimum atomic E-state index is 0.983. The molecule has 19 heavy (non-hydrogen) atoms. The Bertz CT molecular complexity index is 758. The third-order valence-electron chi connectivity index (χ3n) is 3.26. The summed E-state index contributed by atoms with van der Waals surface area (Å²) in [6.07, 6.45) is 2.08. The number of hydrogen-bond donors (Lipinski definition) is 0. The highest BCUT2D eigenvalue weighted by atomic mass is 79.9. The molecule has 0 spiro atoms. The molecule has 0 fully saturated rings. The van der Waals surface area contributed by atoms with Gasteiger partial charge in [0.2, 0.25) is 0 Å². The van der Waals surface area contributed by atoms with Gasteiger partial charge in [0.25, 0.3) is 0 Å². The van der Waals surface area contributed by atoms with Crippen LogP contribution in [0.4, 0.5) is 0 Å². The van der Waals surface area contributed by atoms with Gasteiger partial charge in [0, 0.05) is 26.4 Å². The fourth-order valence-electron chi connectivity index (χ4n) is 2.16. The molecule has 2 heterocycles. The van der Waals surface area contributed by atoms with Crippen LogP contribution in [0.25, 0.3) is 16.9 Å². The molecule has 0 atom stereocenters. The monoisotopic (exact) mass is 378 g/mol. The van der Waals surface area contributed by atoms with Crippen LogP contribution in [-0.2, 0) is 0 Å². The van der Waals surface area contributed by atoms with Gasteiger partial charge in [-0.3, -0.25) is 0 Å². The van der Waals surface area contributed by atoms with Crippen LogP contribution in [0.15, 0.2) is 45.5 Å². The van der Waals surface area contributed by atoms with Crippen LogP contribution >= 0.6 is 31.9 Å². The summed E-state index contributed by atoms with van der Waals surface area (Å²) < 4.78 is 4.30. The van der Waals surface area contributed by atoms with E-state index < -0.39 is 0 Å². The standard InChI is InChI=1S/C15H12Br2N2/c1-9-7-14-18-15(10(2)19(14)8-13(9)17)11-3-5-12(16)6-4-11/h3-8H,1-2H3. The Labute approximate surface area is 128 Å². The fraction of sp³-hybridized carbons (Fsp3) is 0.133. The highest BCUT2D eigenvalue weighted by Crippen LogP contribution is 2.27. The molecule has 0 bridgehead atoms. The average Bonchev–Trinajstić information content (AvgIpc) is 2.69. The van der Waals surface area contributed by atoms with Gasteiger partial charge in [-0.15, -0.1) is 0 Å². The summed E-state index contributed by atoms with van der Waals surface area (Å²) in [7, 11) is 0. The minimum Gasteiger partial charge on any atom is -0.303 e. The zero-order chi connectivity index (χ0) is 13.6. The largest absolute Gasteiger partial charge is 0.303 e. The van der Waals surface area contributed by atoms with Gasteiger partial charge in [-0.05, 0) is 53.5 Å². The Morgan fingerprint density at radius 2 is 1.74 bits per heavy atom. The molecule has 0 unspecified atom stereocenters. The van der Waals surface area contributed by atoms with Gasteiger partial charge in [-0.1, -0.05) is 28.1 Å². The van der Waals surface area contributed by atoms with Crippen molar-refractivity contribution in [3.63, 3.8) is 0 Å². The first kappa shape index (κ1) is 12.9. The molecule has 0 radical (unpaired) electrons. The van der Waals surface area contributed by atoms with E-state index in [-0.39, 0.29) is 0 Å².